The third kappa shape index (κ3) is 0.894. The number of benzene rings is 1. The lowest BCUT2D eigenvalue weighted by Gasteiger charge is -2.19. The highest BCUT2D eigenvalue weighted by Crippen LogP contribution is 2.79. The van der Waals surface area contributed by atoms with E-state index in [9.17, 15) is 13.5 Å². The van der Waals surface area contributed by atoms with Crippen LogP contribution < -0.4 is 0 Å². The number of rotatable bonds is 2. The number of sulfone groups is 1. The summed E-state index contributed by atoms with van der Waals surface area (Å²) < 4.78 is 25.1. The van der Waals surface area contributed by atoms with Crippen LogP contribution in [-0.4, -0.2) is 24.4 Å². The van der Waals surface area contributed by atoms with E-state index < -0.39 is 20.7 Å². The molecule has 5 rings (SSSR count). The standard InChI is InChI=1S/C14H16O3S/c1-8-10-7-11-12(13(10)15)14(8,11)18(16,17)9-5-3-2-4-6-9/h2-6,8,10-13,15H,7H2,1H3/t8-,10+,11+,12+,13+,14-/m1/s1. The molecule has 3 nitrogen and oxygen atoms in total. The van der Waals surface area contributed by atoms with Gasteiger partial charge in [0, 0.05) is 5.92 Å². The van der Waals surface area contributed by atoms with Crippen molar-refractivity contribution in [3.63, 3.8) is 0 Å². The van der Waals surface area contributed by atoms with Gasteiger partial charge in [-0.15, -0.1) is 0 Å². The molecular formula is C14H16O3S. The molecule has 4 aliphatic rings. The Balaban J connectivity index is 1.87. The first kappa shape index (κ1) is 11.0. The molecule has 0 unspecified atom stereocenters. The monoisotopic (exact) mass is 264 g/mol. The molecular weight excluding hydrogens is 248 g/mol. The van der Waals surface area contributed by atoms with Crippen LogP contribution in [0.2, 0.25) is 0 Å². The highest BCUT2D eigenvalue weighted by Gasteiger charge is 2.87. The van der Waals surface area contributed by atoms with E-state index in [0.717, 1.165) is 6.42 Å². The minimum Gasteiger partial charge on any atom is -0.392 e. The summed E-state index contributed by atoms with van der Waals surface area (Å²) in [5.41, 5.74) is 0. The second-order valence-electron chi connectivity index (χ2n) is 5.98. The highest BCUT2D eigenvalue weighted by molar-refractivity contribution is 7.93. The van der Waals surface area contributed by atoms with Crippen molar-refractivity contribution in [3.8, 4) is 0 Å². The van der Waals surface area contributed by atoms with Crippen molar-refractivity contribution in [2.45, 2.75) is 29.1 Å². The predicted octanol–water partition coefficient (Wildman–Crippen LogP) is 1.48. The summed E-state index contributed by atoms with van der Waals surface area (Å²) in [6.07, 6.45) is 0.488. The lowest BCUT2D eigenvalue weighted by Crippen LogP contribution is -2.30. The summed E-state index contributed by atoms with van der Waals surface area (Å²) in [5, 5.41) is 10.1. The third-order valence-electron chi connectivity index (χ3n) is 5.63. The third-order valence-corrected chi connectivity index (χ3v) is 8.40. The first-order valence-electron chi connectivity index (χ1n) is 6.50. The minimum absolute atomic E-state index is 0.0114. The quantitative estimate of drug-likeness (QED) is 0.880. The van der Waals surface area contributed by atoms with Gasteiger partial charge in [-0.25, -0.2) is 8.42 Å². The van der Waals surface area contributed by atoms with Gasteiger partial charge in [0.2, 0.25) is 0 Å². The molecule has 1 aromatic carbocycles. The highest BCUT2D eigenvalue weighted by atomic mass is 32.2. The van der Waals surface area contributed by atoms with Crippen molar-refractivity contribution < 1.29 is 13.5 Å². The van der Waals surface area contributed by atoms with E-state index in [4.69, 9.17) is 0 Å². The first-order chi connectivity index (χ1) is 8.53. The number of aliphatic hydroxyl groups excluding tert-OH is 1. The summed E-state index contributed by atoms with van der Waals surface area (Å²) in [4.78, 5) is 0.416. The average Bonchev–Trinajstić information content (AvgIpc) is 2.69. The van der Waals surface area contributed by atoms with Gasteiger partial charge in [-0.1, -0.05) is 25.1 Å². The van der Waals surface area contributed by atoms with Gasteiger partial charge in [0.1, 0.15) is 0 Å². The molecule has 0 heterocycles. The van der Waals surface area contributed by atoms with Crippen LogP contribution in [0.5, 0.6) is 0 Å². The zero-order chi connectivity index (χ0) is 12.7. The Morgan fingerprint density at radius 3 is 2.39 bits per heavy atom. The van der Waals surface area contributed by atoms with Crippen LogP contribution in [0.15, 0.2) is 35.2 Å². The summed E-state index contributed by atoms with van der Waals surface area (Å²) >= 11 is 0. The van der Waals surface area contributed by atoms with Crippen molar-refractivity contribution in [2.75, 3.05) is 0 Å². The van der Waals surface area contributed by atoms with E-state index in [-0.39, 0.29) is 23.7 Å². The summed E-state index contributed by atoms with van der Waals surface area (Å²) in [6, 6.07) is 8.71. The van der Waals surface area contributed by atoms with Gasteiger partial charge in [0.15, 0.2) is 9.84 Å². The first-order valence-corrected chi connectivity index (χ1v) is 7.99. The molecule has 4 heteroatoms. The fraction of sp³-hybridized carbons (Fsp3) is 0.571. The van der Waals surface area contributed by atoms with E-state index in [0.29, 0.717) is 4.90 Å². The van der Waals surface area contributed by atoms with Gasteiger partial charge in [0.05, 0.1) is 15.7 Å². The van der Waals surface area contributed by atoms with Gasteiger partial charge in [-0.2, -0.15) is 0 Å². The minimum atomic E-state index is -3.31. The summed E-state index contributed by atoms with van der Waals surface area (Å²) in [6.45, 7) is 2.00. The summed E-state index contributed by atoms with van der Waals surface area (Å²) in [5.74, 6) is 0.464. The molecule has 0 aliphatic heterocycles. The molecule has 18 heavy (non-hydrogen) atoms. The van der Waals surface area contributed by atoms with Gasteiger partial charge < -0.3 is 5.11 Å². The maximum atomic E-state index is 12.9. The lowest BCUT2D eigenvalue weighted by atomic mass is 9.99. The van der Waals surface area contributed by atoms with Crippen molar-refractivity contribution in [2.24, 2.45) is 23.7 Å². The maximum Gasteiger partial charge on any atom is 0.185 e. The van der Waals surface area contributed by atoms with Gasteiger partial charge in [-0.3, -0.25) is 0 Å². The van der Waals surface area contributed by atoms with Crippen LogP contribution in [0.25, 0.3) is 0 Å². The Bertz CT molecular complexity index is 605. The van der Waals surface area contributed by atoms with Crippen LogP contribution in [0.4, 0.5) is 0 Å². The Hall–Kier alpha value is -0.870. The molecule has 4 fully saturated rings. The predicted molar refractivity (Wildman–Crippen MR) is 66.6 cm³/mol. The molecule has 0 aromatic heterocycles. The lowest BCUT2D eigenvalue weighted by molar-refractivity contribution is 0.124. The molecule has 4 aliphatic carbocycles. The van der Waals surface area contributed by atoms with Crippen LogP contribution >= 0.6 is 0 Å². The van der Waals surface area contributed by atoms with Crippen molar-refractivity contribution in [1.82, 2.24) is 0 Å². The molecule has 1 aromatic rings. The number of aliphatic hydroxyl groups is 1. The van der Waals surface area contributed by atoms with E-state index in [1.165, 1.54) is 0 Å². The molecule has 0 radical (unpaired) electrons. The van der Waals surface area contributed by atoms with E-state index in [1.807, 2.05) is 13.0 Å². The Labute approximate surface area is 107 Å². The molecule has 0 saturated heterocycles. The molecule has 0 spiro atoms. The molecule has 4 bridgehead atoms. The SMILES string of the molecule is C[C@@H]1[C@@H]2C[C@H]3[C@@H]([C@H]2O)[C@@]13S(=O)(=O)c1ccccc1. The Morgan fingerprint density at radius 1 is 1.28 bits per heavy atom. The topological polar surface area (TPSA) is 54.4 Å². The van der Waals surface area contributed by atoms with E-state index >= 15 is 0 Å². The molecule has 6 atom stereocenters. The second-order valence-corrected chi connectivity index (χ2v) is 8.17. The number of hydrogen-bond acceptors (Lipinski definition) is 3. The second kappa shape index (κ2) is 2.99. The van der Waals surface area contributed by atoms with Gasteiger partial charge in [-0.05, 0) is 36.3 Å². The molecule has 1 N–H and O–H groups in total. The van der Waals surface area contributed by atoms with Crippen LogP contribution in [0, 0.1) is 23.7 Å². The van der Waals surface area contributed by atoms with Crippen LogP contribution in [0.1, 0.15) is 13.3 Å². The van der Waals surface area contributed by atoms with Crippen molar-refractivity contribution >= 4 is 9.84 Å². The Morgan fingerprint density at radius 2 is 1.94 bits per heavy atom. The summed E-state index contributed by atoms with van der Waals surface area (Å²) in [7, 11) is -3.31. The van der Waals surface area contributed by atoms with Crippen LogP contribution in [-0.2, 0) is 9.84 Å². The van der Waals surface area contributed by atoms with Gasteiger partial charge >= 0.3 is 0 Å². The van der Waals surface area contributed by atoms with Gasteiger partial charge in [0.25, 0.3) is 0 Å². The Kier molecular flexibility index (Phi) is 1.83. The average molecular weight is 264 g/mol. The van der Waals surface area contributed by atoms with E-state index in [2.05, 4.69) is 0 Å². The van der Waals surface area contributed by atoms with Crippen molar-refractivity contribution in [1.29, 1.82) is 0 Å². The fourth-order valence-electron chi connectivity index (χ4n) is 4.92. The molecule has 0 amide bonds. The molecule has 4 saturated carbocycles. The van der Waals surface area contributed by atoms with E-state index in [1.54, 1.807) is 24.3 Å². The largest absolute Gasteiger partial charge is 0.392 e. The zero-order valence-corrected chi connectivity index (χ0v) is 11.0. The normalized spacial score (nSPS) is 48.4. The maximum absolute atomic E-state index is 12.9. The molecule has 96 valence electrons. The number of hydrogen-bond donors (Lipinski definition) is 1. The van der Waals surface area contributed by atoms with Crippen molar-refractivity contribution in [3.05, 3.63) is 30.3 Å². The van der Waals surface area contributed by atoms with Crippen LogP contribution in [0.3, 0.4) is 0 Å². The fourth-order valence-corrected chi connectivity index (χ4v) is 7.75. The zero-order valence-electron chi connectivity index (χ0n) is 10.2. The smallest absolute Gasteiger partial charge is 0.185 e.